The lowest BCUT2D eigenvalue weighted by molar-refractivity contribution is -0.0945. The summed E-state index contributed by atoms with van der Waals surface area (Å²) in [5.74, 6) is 0.930. The largest absolute Gasteiger partial charge is 0.380 e. The molecule has 3 rings (SSSR count). The number of halogens is 1. The van der Waals surface area contributed by atoms with Gasteiger partial charge in [0.25, 0.3) is 0 Å². The minimum Gasteiger partial charge on any atom is -0.380 e. The highest BCUT2D eigenvalue weighted by Crippen LogP contribution is 2.41. The lowest BCUT2D eigenvalue weighted by atomic mass is 9.79. The fourth-order valence-electron chi connectivity index (χ4n) is 3.83. The third-order valence-electron chi connectivity index (χ3n) is 5.48. The van der Waals surface area contributed by atoms with Gasteiger partial charge in [-0.15, -0.1) is 0 Å². The van der Waals surface area contributed by atoms with E-state index < -0.39 is 0 Å². The molecule has 2 N–H and O–H groups in total. The highest BCUT2D eigenvalue weighted by Gasteiger charge is 2.36. The van der Waals surface area contributed by atoms with Crippen LogP contribution in [0.1, 0.15) is 45.1 Å². The Labute approximate surface area is 160 Å². The first-order valence-electron chi connectivity index (χ1n) is 9.41. The zero-order valence-electron chi connectivity index (χ0n) is 15.4. The smallest absolute Gasteiger partial charge is 0.191 e. The van der Waals surface area contributed by atoms with Crippen LogP contribution in [0.4, 0.5) is 0 Å². The second-order valence-electron chi connectivity index (χ2n) is 7.85. The fourth-order valence-corrected chi connectivity index (χ4v) is 4.09. The van der Waals surface area contributed by atoms with Gasteiger partial charge in [-0.05, 0) is 37.5 Å². The Morgan fingerprint density at radius 1 is 1.16 bits per heavy atom. The molecule has 1 aliphatic heterocycles. The Hall–Kier alpha value is -1.07. The summed E-state index contributed by atoms with van der Waals surface area (Å²) < 4.78 is 6.48. The molecule has 0 radical (unpaired) electrons. The van der Waals surface area contributed by atoms with Gasteiger partial charge in [-0.2, -0.15) is 0 Å². The highest BCUT2D eigenvalue weighted by molar-refractivity contribution is 9.10. The summed E-state index contributed by atoms with van der Waals surface area (Å²) in [6.45, 7) is 8.62. The minimum atomic E-state index is 0.207. The molecule has 25 heavy (non-hydrogen) atoms. The van der Waals surface area contributed by atoms with Crippen molar-refractivity contribution in [2.45, 2.75) is 44.9 Å². The summed E-state index contributed by atoms with van der Waals surface area (Å²) in [4.78, 5) is 4.81. The van der Waals surface area contributed by atoms with Gasteiger partial charge in [0, 0.05) is 28.4 Å². The molecule has 138 valence electrons. The van der Waals surface area contributed by atoms with Crippen LogP contribution >= 0.6 is 15.9 Å². The number of aliphatic imine (C=N–C) groups is 1. The maximum Gasteiger partial charge on any atom is 0.191 e. The van der Waals surface area contributed by atoms with Gasteiger partial charge in [0.2, 0.25) is 0 Å². The van der Waals surface area contributed by atoms with Crippen LogP contribution in [-0.4, -0.2) is 38.8 Å². The highest BCUT2D eigenvalue weighted by atomic mass is 79.9. The van der Waals surface area contributed by atoms with E-state index in [9.17, 15) is 0 Å². The lowest BCUT2D eigenvalue weighted by Crippen LogP contribution is -2.47. The first-order valence-corrected chi connectivity index (χ1v) is 10.2. The third-order valence-corrected chi connectivity index (χ3v) is 6.00. The Bertz CT molecular complexity index is 589. The second kappa shape index (κ2) is 8.09. The van der Waals surface area contributed by atoms with Crippen LogP contribution in [0.25, 0.3) is 0 Å². The van der Waals surface area contributed by atoms with Gasteiger partial charge in [0.15, 0.2) is 5.96 Å². The molecule has 1 saturated carbocycles. The van der Waals surface area contributed by atoms with Crippen LogP contribution in [-0.2, 0) is 10.2 Å². The van der Waals surface area contributed by atoms with E-state index in [1.54, 1.807) is 0 Å². The molecule has 1 aromatic rings. The molecule has 0 unspecified atom stereocenters. The summed E-state index contributed by atoms with van der Waals surface area (Å²) in [6, 6.07) is 8.86. The molecule has 5 heteroatoms. The van der Waals surface area contributed by atoms with Crippen molar-refractivity contribution in [3.63, 3.8) is 0 Å². The Morgan fingerprint density at radius 3 is 2.40 bits per heavy atom. The maximum absolute atomic E-state index is 5.34. The van der Waals surface area contributed by atoms with Crippen molar-refractivity contribution in [2.24, 2.45) is 10.4 Å². The van der Waals surface area contributed by atoms with Crippen LogP contribution in [0.2, 0.25) is 0 Å². The summed E-state index contributed by atoms with van der Waals surface area (Å²) in [5, 5.41) is 7.02. The van der Waals surface area contributed by atoms with Crippen LogP contribution in [0.3, 0.4) is 0 Å². The molecule has 4 nitrogen and oxygen atoms in total. The van der Waals surface area contributed by atoms with Crippen molar-refractivity contribution in [2.75, 3.05) is 32.8 Å². The normalized spacial score (nSPS) is 21.6. The van der Waals surface area contributed by atoms with E-state index in [1.807, 2.05) is 0 Å². The molecule has 0 aromatic heterocycles. The predicted octanol–water partition coefficient (Wildman–Crippen LogP) is 3.85. The number of nitrogens with one attached hydrogen (secondary N) is 2. The molecule has 0 amide bonds. The van der Waals surface area contributed by atoms with Gasteiger partial charge < -0.3 is 15.4 Å². The van der Waals surface area contributed by atoms with Crippen LogP contribution in [0, 0.1) is 5.41 Å². The van der Waals surface area contributed by atoms with E-state index in [2.05, 4.69) is 64.7 Å². The second-order valence-corrected chi connectivity index (χ2v) is 8.76. The number of rotatable bonds is 6. The number of hydrogen-bond donors (Lipinski definition) is 2. The Morgan fingerprint density at radius 2 is 1.84 bits per heavy atom. The van der Waals surface area contributed by atoms with Crippen molar-refractivity contribution >= 4 is 21.9 Å². The van der Waals surface area contributed by atoms with Gasteiger partial charge in [-0.3, -0.25) is 4.99 Å². The van der Waals surface area contributed by atoms with Crippen molar-refractivity contribution in [1.29, 1.82) is 0 Å². The van der Waals surface area contributed by atoms with Gasteiger partial charge in [0.1, 0.15) is 0 Å². The van der Waals surface area contributed by atoms with Crippen molar-refractivity contribution in [1.82, 2.24) is 10.6 Å². The molecule has 2 fully saturated rings. The third kappa shape index (κ3) is 4.56. The first-order chi connectivity index (χ1) is 12.1. The zero-order chi connectivity index (χ0) is 17.8. The summed E-state index contributed by atoms with van der Waals surface area (Å²) in [7, 11) is 0. The molecular weight excluding hydrogens is 378 g/mol. The molecule has 1 aromatic carbocycles. The number of hydrogen-bond acceptors (Lipinski definition) is 2. The molecular formula is C20H30BrN3O. The van der Waals surface area contributed by atoms with Gasteiger partial charge in [-0.25, -0.2) is 0 Å². The zero-order valence-corrected chi connectivity index (χ0v) is 17.0. The van der Waals surface area contributed by atoms with Crippen molar-refractivity contribution < 1.29 is 4.74 Å². The van der Waals surface area contributed by atoms with Crippen LogP contribution in [0.5, 0.6) is 0 Å². The number of nitrogens with zero attached hydrogens (tertiary/aromatic N) is 1. The summed E-state index contributed by atoms with van der Waals surface area (Å²) in [5.41, 5.74) is 1.87. The van der Waals surface area contributed by atoms with E-state index in [0.717, 1.165) is 43.3 Å². The number of ether oxygens (including phenoxy) is 1. The van der Waals surface area contributed by atoms with Crippen molar-refractivity contribution in [3.05, 3.63) is 34.3 Å². The van der Waals surface area contributed by atoms with Gasteiger partial charge in [0.05, 0.1) is 19.8 Å². The van der Waals surface area contributed by atoms with E-state index in [0.29, 0.717) is 0 Å². The van der Waals surface area contributed by atoms with E-state index in [1.165, 1.54) is 31.2 Å². The Balaban J connectivity index is 1.68. The lowest BCUT2D eigenvalue weighted by Gasteiger charge is -2.37. The number of benzene rings is 1. The van der Waals surface area contributed by atoms with E-state index >= 15 is 0 Å². The van der Waals surface area contributed by atoms with E-state index in [-0.39, 0.29) is 10.8 Å². The fraction of sp³-hybridized carbons (Fsp3) is 0.650. The Kier molecular flexibility index (Phi) is 6.05. The van der Waals surface area contributed by atoms with Gasteiger partial charge >= 0.3 is 0 Å². The predicted molar refractivity (Wildman–Crippen MR) is 107 cm³/mol. The van der Waals surface area contributed by atoms with Crippen molar-refractivity contribution in [3.8, 4) is 0 Å². The minimum absolute atomic E-state index is 0.207. The standard InChI is InChI=1S/C20H30BrN3O/c1-3-22-18(23-12-19(2)14-25-15-19)24-13-20(10-4-5-11-20)16-6-8-17(21)9-7-16/h6-9H,3-5,10-15H2,1-2H3,(H2,22,23,24). The molecule has 1 aliphatic carbocycles. The van der Waals surface area contributed by atoms with Crippen LogP contribution < -0.4 is 10.6 Å². The topological polar surface area (TPSA) is 45.7 Å². The summed E-state index contributed by atoms with van der Waals surface area (Å²) >= 11 is 3.55. The first kappa shape index (κ1) is 18.7. The molecule has 0 spiro atoms. The quantitative estimate of drug-likeness (QED) is 0.555. The monoisotopic (exact) mass is 407 g/mol. The molecule has 2 aliphatic rings. The summed E-state index contributed by atoms with van der Waals surface area (Å²) in [6.07, 6.45) is 5.10. The average Bonchev–Trinajstić information content (AvgIpc) is 3.06. The van der Waals surface area contributed by atoms with Gasteiger partial charge in [-0.1, -0.05) is 47.8 Å². The molecule has 0 bridgehead atoms. The maximum atomic E-state index is 5.34. The molecule has 1 saturated heterocycles. The SMILES string of the molecule is CCNC(=NCC1(C)COC1)NCC1(c2ccc(Br)cc2)CCCC1. The number of guanidine groups is 1. The average molecular weight is 408 g/mol. The molecule has 0 atom stereocenters. The molecule has 1 heterocycles. The van der Waals surface area contributed by atoms with Crippen LogP contribution in [0.15, 0.2) is 33.7 Å². The van der Waals surface area contributed by atoms with E-state index in [4.69, 9.17) is 9.73 Å².